The first kappa shape index (κ1) is 19.2. The molecule has 26 heavy (non-hydrogen) atoms. The van der Waals surface area contributed by atoms with Crippen LogP contribution < -0.4 is 10.6 Å². The summed E-state index contributed by atoms with van der Waals surface area (Å²) in [4.78, 5) is 35.6. The average molecular weight is 354 g/mol. The van der Waals surface area contributed by atoms with Crippen LogP contribution in [0.3, 0.4) is 0 Å². The third-order valence-corrected chi connectivity index (χ3v) is 3.76. The number of nitrogens with one attached hydrogen (secondary N) is 2. The molecule has 0 bridgehead atoms. The lowest BCUT2D eigenvalue weighted by Gasteiger charge is -2.19. The summed E-state index contributed by atoms with van der Waals surface area (Å²) in [6.07, 6.45) is 0. The summed E-state index contributed by atoms with van der Waals surface area (Å²) in [6.45, 7) is 6.28. The van der Waals surface area contributed by atoms with Crippen LogP contribution in [0, 0.1) is 0 Å². The second kappa shape index (κ2) is 7.82. The molecule has 0 atom stereocenters. The topological polar surface area (TPSA) is 84.5 Å². The molecule has 0 radical (unpaired) electrons. The molecule has 2 N–H and O–H groups in total. The first-order valence-corrected chi connectivity index (χ1v) is 8.12. The molecule has 0 spiro atoms. The van der Waals surface area contributed by atoms with Crippen LogP contribution in [0.25, 0.3) is 0 Å². The summed E-state index contributed by atoms with van der Waals surface area (Å²) in [7, 11) is 1.27. The van der Waals surface area contributed by atoms with Gasteiger partial charge in [-0.3, -0.25) is 9.59 Å². The van der Waals surface area contributed by atoms with Crippen molar-refractivity contribution >= 4 is 29.2 Å². The number of carbonyl (C=O) groups excluding carboxylic acids is 3. The smallest absolute Gasteiger partial charge is 0.337 e. The number of anilines is 2. The molecule has 0 heterocycles. The van der Waals surface area contributed by atoms with E-state index in [1.165, 1.54) is 13.2 Å². The van der Waals surface area contributed by atoms with Crippen LogP contribution in [0.1, 0.15) is 36.7 Å². The minimum absolute atomic E-state index is 0.00453. The molecule has 2 amide bonds. The number of hydrogen-bond acceptors (Lipinski definition) is 4. The predicted octanol–water partition coefficient (Wildman–Crippen LogP) is 3.35. The minimum atomic E-state index is -0.827. The van der Waals surface area contributed by atoms with E-state index in [2.05, 4.69) is 36.1 Å². The monoisotopic (exact) mass is 354 g/mol. The first-order chi connectivity index (χ1) is 12.2. The maximum absolute atomic E-state index is 12.1. The molecular weight excluding hydrogens is 332 g/mol. The summed E-state index contributed by atoms with van der Waals surface area (Å²) >= 11 is 0. The van der Waals surface area contributed by atoms with Crippen LogP contribution in [-0.4, -0.2) is 24.9 Å². The van der Waals surface area contributed by atoms with Gasteiger partial charge >= 0.3 is 17.8 Å². The van der Waals surface area contributed by atoms with Gasteiger partial charge in [-0.15, -0.1) is 0 Å². The standard InChI is InChI=1S/C20H22N2O4/c1-20(2,3)14-8-10-15(11-9-14)21-17(23)18(24)22-16-7-5-6-13(12-16)19(25)26-4/h5-12H,1-4H3,(H,21,23)(H,22,24). The van der Waals surface area contributed by atoms with Gasteiger partial charge in [-0.05, 0) is 41.3 Å². The van der Waals surface area contributed by atoms with Gasteiger partial charge in [-0.25, -0.2) is 4.79 Å². The van der Waals surface area contributed by atoms with E-state index in [-0.39, 0.29) is 11.0 Å². The molecule has 0 aromatic heterocycles. The van der Waals surface area contributed by atoms with Crippen molar-refractivity contribution in [3.05, 3.63) is 59.7 Å². The summed E-state index contributed by atoms with van der Waals surface area (Å²) in [6, 6.07) is 13.5. The van der Waals surface area contributed by atoms with Crippen molar-refractivity contribution in [1.82, 2.24) is 0 Å². The van der Waals surface area contributed by atoms with Gasteiger partial charge in [0.05, 0.1) is 12.7 Å². The molecule has 0 saturated heterocycles. The number of methoxy groups -OCH3 is 1. The van der Waals surface area contributed by atoms with E-state index in [4.69, 9.17) is 0 Å². The number of carbonyl (C=O) groups is 3. The summed E-state index contributed by atoms with van der Waals surface area (Å²) < 4.78 is 4.63. The van der Waals surface area contributed by atoms with Gasteiger partial charge in [0.2, 0.25) is 0 Å². The van der Waals surface area contributed by atoms with Gasteiger partial charge in [-0.1, -0.05) is 39.0 Å². The molecule has 0 aliphatic rings. The highest BCUT2D eigenvalue weighted by Gasteiger charge is 2.16. The second-order valence-corrected chi connectivity index (χ2v) is 6.81. The Hall–Kier alpha value is -3.15. The van der Waals surface area contributed by atoms with Gasteiger partial charge in [0.15, 0.2) is 0 Å². The van der Waals surface area contributed by atoms with Crippen molar-refractivity contribution in [1.29, 1.82) is 0 Å². The Labute approximate surface area is 152 Å². The first-order valence-electron chi connectivity index (χ1n) is 8.12. The lowest BCUT2D eigenvalue weighted by molar-refractivity contribution is -0.132. The number of esters is 1. The number of hydrogen-bond donors (Lipinski definition) is 2. The van der Waals surface area contributed by atoms with Crippen molar-refractivity contribution in [2.45, 2.75) is 26.2 Å². The minimum Gasteiger partial charge on any atom is -0.465 e. The predicted molar refractivity (Wildman–Crippen MR) is 100 cm³/mol. The summed E-state index contributed by atoms with van der Waals surface area (Å²) in [5, 5.41) is 5.00. The quantitative estimate of drug-likeness (QED) is 0.654. The molecule has 136 valence electrons. The van der Waals surface area contributed by atoms with E-state index in [9.17, 15) is 14.4 Å². The summed E-state index contributed by atoms with van der Waals surface area (Å²) in [5.41, 5.74) is 2.27. The van der Waals surface area contributed by atoms with Crippen LogP contribution in [-0.2, 0) is 19.7 Å². The Morgan fingerprint density at radius 2 is 1.42 bits per heavy atom. The Balaban J connectivity index is 2.02. The average Bonchev–Trinajstić information content (AvgIpc) is 2.60. The van der Waals surface area contributed by atoms with E-state index in [0.29, 0.717) is 11.4 Å². The zero-order chi connectivity index (χ0) is 19.3. The Bertz CT molecular complexity index is 820. The molecule has 0 aliphatic heterocycles. The third-order valence-electron chi connectivity index (χ3n) is 3.76. The van der Waals surface area contributed by atoms with Crippen molar-refractivity contribution in [3.63, 3.8) is 0 Å². The van der Waals surface area contributed by atoms with Crippen molar-refractivity contribution < 1.29 is 19.1 Å². The maximum atomic E-state index is 12.1. The zero-order valence-electron chi connectivity index (χ0n) is 15.3. The molecule has 6 nitrogen and oxygen atoms in total. The SMILES string of the molecule is COC(=O)c1cccc(NC(=O)C(=O)Nc2ccc(C(C)(C)C)cc2)c1. The number of rotatable bonds is 3. The van der Waals surface area contributed by atoms with E-state index in [1.807, 2.05) is 12.1 Å². The van der Waals surface area contributed by atoms with Crippen molar-refractivity contribution in [3.8, 4) is 0 Å². The number of ether oxygens (including phenoxy) is 1. The van der Waals surface area contributed by atoms with Crippen molar-refractivity contribution in [2.75, 3.05) is 17.7 Å². The molecule has 2 aromatic rings. The molecule has 2 rings (SSSR count). The van der Waals surface area contributed by atoms with Gasteiger partial charge in [0.25, 0.3) is 0 Å². The Kier molecular flexibility index (Phi) is 5.77. The van der Waals surface area contributed by atoms with E-state index >= 15 is 0 Å². The normalized spacial score (nSPS) is 10.8. The van der Waals surface area contributed by atoms with Gasteiger partial charge < -0.3 is 15.4 Å². The second-order valence-electron chi connectivity index (χ2n) is 6.81. The number of amides is 2. The van der Waals surface area contributed by atoms with E-state index < -0.39 is 17.8 Å². The number of benzene rings is 2. The fourth-order valence-corrected chi connectivity index (χ4v) is 2.27. The van der Waals surface area contributed by atoms with Gasteiger partial charge in [0, 0.05) is 11.4 Å². The van der Waals surface area contributed by atoms with Gasteiger partial charge in [0.1, 0.15) is 0 Å². The van der Waals surface area contributed by atoms with Crippen LogP contribution in [0.2, 0.25) is 0 Å². The van der Waals surface area contributed by atoms with Crippen LogP contribution in [0.5, 0.6) is 0 Å². The van der Waals surface area contributed by atoms with Crippen LogP contribution >= 0.6 is 0 Å². The molecule has 0 saturated carbocycles. The highest BCUT2D eigenvalue weighted by molar-refractivity contribution is 6.43. The Morgan fingerprint density at radius 3 is 1.96 bits per heavy atom. The maximum Gasteiger partial charge on any atom is 0.337 e. The molecule has 0 aliphatic carbocycles. The fraction of sp³-hybridized carbons (Fsp3) is 0.250. The lowest BCUT2D eigenvalue weighted by Crippen LogP contribution is -2.29. The molecular formula is C20H22N2O4. The van der Waals surface area contributed by atoms with Crippen molar-refractivity contribution in [2.24, 2.45) is 0 Å². The fourth-order valence-electron chi connectivity index (χ4n) is 2.27. The molecule has 0 unspecified atom stereocenters. The Morgan fingerprint density at radius 1 is 0.846 bits per heavy atom. The highest BCUT2D eigenvalue weighted by Crippen LogP contribution is 2.23. The van der Waals surface area contributed by atoms with E-state index in [0.717, 1.165) is 5.56 Å². The molecule has 0 fully saturated rings. The third kappa shape index (κ3) is 4.92. The van der Waals surface area contributed by atoms with Gasteiger partial charge in [-0.2, -0.15) is 0 Å². The molecule has 2 aromatic carbocycles. The van der Waals surface area contributed by atoms with E-state index in [1.54, 1.807) is 30.3 Å². The van der Waals surface area contributed by atoms with Crippen LogP contribution in [0.15, 0.2) is 48.5 Å². The zero-order valence-corrected chi connectivity index (χ0v) is 15.3. The summed E-state index contributed by atoms with van der Waals surface area (Å²) in [5.74, 6) is -2.15. The largest absolute Gasteiger partial charge is 0.465 e. The molecule has 6 heteroatoms. The lowest BCUT2D eigenvalue weighted by atomic mass is 9.87. The van der Waals surface area contributed by atoms with Crippen LogP contribution in [0.4, 0.5) is 11.4 Å². The highest BCUT2D eigenvalue weighted by atomic mass is 16.5.